The Hall–Kier alpha value is -1.61. The van der Waals surface area contributed by atoms with Gasteiger partial charge in [0.2, 0.25) is 5.91 Å². The van der Waals surface area contributed by atoms with E-state index in [1.807, 2.05) is 12.1 Å². The topological polar surface area (TPSA) is 38.3 Å². The van der Waals surface area contributed by atoms with E-state index in [1.165, 1.54) is 16.7 Å². The summed E-state index contributed by atoms with van der Waals surface area (Å²) in [6.07, 6.45) is 0.421. The SMILES string of the molecule is CO[C@@H]1C2=C(CC(=O)N[C@@H]2C(C)(C)C)c2ccccc21. The molecule has 0 bridgehead atoms. The van der Waals surface area contributed by atoms with Crippen LogP contribution in [0, 0.1) is 5.41 Å². The number of amides is 1. The molecule has 3 rings (SSSR count). The molecule has 0 radical (unpaired) electrons. The molecule has 0 fully saturated rings. The lowest BCUT2D eigenvalue weighted by Crippen LogP contribution is -2.48. The zero-order valence-electron chi connectivity index (χ0n) is 12.5. The number of carbonyl (C=O) groups is 1. The van der Waals surface area contributed by atoms with Crippen molar-refractivity contribution in [2.45, 2.75) is 39.3 Å². The highest BCUT2D eigenvalue weighted by Crippen LogP contribution is 2.49. The highest BCUT2D eigenvalue weighted by atomic mass is 16.5. The van der Waals surface area contributed by atoms with Crippen LogP contribution in [0.4, 0.5) is 0 Å². The summed E-state index contributed by atoms with van der Waals surface area (Å²) in [6.45, 7) is 6.47. The second-order valence-electron chi connectivity index (χ2n) is 6.68. The molecule has 0 spiro atoms. The number of methoxy groups -OCH3 is 1. The third kappa shape index (κ3) is 1.88. The lowest BCUT2D eigenvalue weighted by atomic mass is 9.77. The maximum atomic E-state index is 12.1. The molecule has 106 valence electrons. The number of fused-ring (bicyclic) bond motifs is 2. The summed E-state index contributed by atoms with van der Waals surface area (Å²) in [4.78, 5) is 12.1. The van der Waals surface area contributed by atoms with E-state index in [1.54, 1.807) is 7.11 Å². The van der Waals surface area contributed by atoms with Crippen LogP contribution < -0.4 is 5.32 Å². The van der Waals surface area contributed by atoms with E-state index >= 15 is 0 Å². The Morgan fingerprint density at radius 1 is 1.25 bits per heavy atom. The van der Waals surface area contributed by atoms with Gasteiger partial charge in [0.15, 0.2) is 0 Å². The first-order valence-corrected chi connectivity index (χ1v) is 7.08. The van der Waals surface area contributed by atoms with Crippen LogP contribution in [0.3, 0.4) is 0 Å². The minimum atomic E-state index is -0.0361. The summed E-state index contributed by atoms with van der Waals surface area (Å²) in [5, 5.41) is 3.15. The van der Waals surface area contributed by atoms with Gasteiger partial charge in [-0.1, -0.05) is 45.0 Å². The van der Waals surface area contributed by atoms with Crippen molar-refractivity contribution >= 4 is 11.5 Å². The number of nitrogens with one attached hydrogen (secondary N) is 1. The quantitative estimate of drug-likeness (QED) is 0.852. The molecule has 20 heavy (non-hydrogen) atoms. The molecule has 1 aliphatic heterocycles. The monoisotopic (exact) mass is 271 g/mol. The summed E-state index contributed by atoms with van der Waals surface area (Å²) < 4.78 is 5.76. The van der Waals surface area contributed by atoms with Crippen molar-refractivity contribution in [3.8, 4) is 0 Å². The number of hydrogen-bond acceptors (Lipinski definition) is 2. The van der Waals surface area contributed by atoms with E-state index in [0.29, 0.717) is 6.42 Å². The number of benzene rings is 1. The first kappa shape index (κ1) is 13.4. The fourth-order valence-electron chi connectivity index (χ4n) is 3.39. The molecule has 3 nitrogen and oxygen atoms in total. The molecule has 1 aromatic rings. The summed E-state index contributed by atoms with van der Waals surface area (Å²) >= 11 is 0. The van der Waals surface area contributed by atoms with Crippen molar-refractivity contribution in [2.75, 3.05) is 7.11 Å². The Morgan fingerprint density at radius 3 is 2.60 bits per heavy atom. The molecule has 1 N–H and O–H groups in total. The molecule has 0 aromatic heterocycles. The largest absolute Gasteiger partial charge is 0.372 e. The van der Waals surface area contributed by atoms with Crippen molar-refractivity contribution in [2.24, 2.45) is 5.41 Å². The van der Waals surface area contributed by atoms with Crippen LogP contribution >= 0.6 is 0 Å². The lowest BCUT2D eigenvalue weighted by molar-refractivity contribution is -0.121. The van der Waals surface area contributed by atoms with Gasteiger partial charge >= 0.3 is 0 Å². The summed E-state index contributed by atoms with van der Waals surface area (Å²) in [5.74, 6) is 0.107. The van der Waals surface area contributed by atoms with Crippen LogP contribution in [-0.2, 0) is 9.53 Å². The average molecular weight is 271 g/mol. The number of carbonyl (C=O) groups excluding carboxylic acids is 1. The Labute approximate surface area is 120 Å². The second kappa shape index (κ2) is 4.45. The van der Waals surface area contributed by atoms with Gasteiger partial charge in [-0.15, -0.1) is 0 Å². The molecule has 0 saturated heterocycles. The van der Waals surface area contributed by atoms with Gasteiger partial charge in [-0.05, 0) is 27.7 Å². The van der Waals surface area contributed by atoms with Crippen LogP contribution in [0.15, 0.2) is 29.8 Å². The second-order valence-corrected chi connectivity index (χ2v) is 6.68. The highest BCUT2D eigenvalue weighted by Gasteiger charge is 2.43. The van der Waals surface area contributed by atoms with Crippen LogP contribution in [0.5, 0.6) is 0 Å². The Bertz CT molecular complexity index is 595. The smallest absolute Gasteiger partial charge is 0.224 e. The van der Waals surface area contributed by atoms with E-state index < -0.39 is 0 Å². The number of hydrogen-bond donors (Lipinski definition) is 1. The standard InChI is InChI=1S/C17H21NO2/c1-17(2,3)16-14-12(9-13(19)18-16)10-7-5-6-8-11(10)15(14)20-4/h5-8,15-16H,9H2,1-4H3,(H,18,19)/t15-,16-/m0/s1. The van der Waals surface area contributed by atoms with Crippen molar-refractivity contribution in [3.63, 3.8) is 0 Å². The summed E-state index contributed by atoms with van der Waals surface area (Å²) in [5.41, 5.74) is 4.73. The molecule has 1 amide bonds. The zero-order chi connectivity index (χ0) is 14.5. The van der Waals surface area contributed by atoms with Gasteiger partial charge in [-0.3, -0.25) is 4.79 Å². The van der Waals surface area contributed by atoms with E-state index in [0.717, 1.165) is 5.57 Å². The molecule has 1 aliphatic carbocycles. The van der Waals surface area contributed by atoms with Crippen LogP contribution in [0.1, 0.15) is 44.4 Å². The van der Waals surface area contributed by atoms with Gasteiger partial charge < -0.3 is 10.1 Å². The van der Waals surface area contributed by atoms with Gasteiger partial charge in [0.1, 0.15) is 6.10 Å². The lowest BCUT2D eigenvalue weighted by Gasteiger charge is -2.38. The van der Waals surface area contributed by atoms with E-state index in [9.17, 15) is 4.79 Å². The van der Waals surface area contributed by atoms with Crippen molar-refractivity contribution < 1.29 is 9.53 Å². The maximum absolute atomic E-state index is 12.1. The molecule has 3 heteroatoms. The van der Waals surface area contributed by atoms with Crippen molar-refractivity contribution in [1.82, 2.24) is 5.32 Å². The molecule has 0 saturated carbocycles. The first-order chi connectivity index (χ1) is 9.43. The van der Waals surface area contributed by atoms with Gasteiger partial charge in [0.05, 0.1) is 12.5 Å². The zero-order valence-corrected chi connectivity index (χ0v) is 12.5. The van der Waals surface area contributed by atoms with E-state index in [2.05, 4.69) is 38.2 Å². The fraction of sp³-hybridized carbons (Fsp3) is 0.471. The van der Waals surface area contributed by atoms with Crippen LogP contribution in [-0.4, -0.2) is 19.1 Å². The minimum absolute atomic E-state index is 0.0242. The maximum Gasteiger partial charge on any atom is 0.224 e. The molecule has 2 aliphatic rings. The normalized spacial score (nSPS) is 25.3. The van der Waals surface area contributed by atoms with Gasteiger partial charge in [0, 0.05) is 7.11 Å². The molecular formula is C17H21NO2. The molecule has 0 unspecified atom stereocenters. The summed E-state index contributed by atoms with van der Waals surface area (Å²) in [7, 11) is 1.74. The Morgan fingerprint density at radius 2 is 1.95 bits per heavy atom. The van der Waals surface area contributed by atoms with E-state index in [-0.39, 0.29) is 23.5 Å². The predicted molar refractivity (Wildman–Crippen MR) is 79.1 cm³/mol. The predicted octanol–water partition coefficient (Wildman–Crippen LogP) is 3.08. The van der Waals surface area contributed by atoms with Gasteiger partial charge in [0.25, 0.3) is 0 Å². The third-order valence-electron chi connectivity index (χ3n) is 4.25. The number of rotatable bonds is 1. The molecule has 1 heterocycles. The van der Waals surface area contributed by atoms with Crippen LogP contribution in [0.25, 0.3) is 5.57 Å². The van der Waals surface area contributed by atoms with Crippen molar-refractivity contribution in [1.29, 1.82) is 0 Å². The fourth-order valence-corrected chi connectivity index (χ4v) is 3.39. The summed E-state index contributed by atoms with van der Waals surface area (Å²) in [6, 6.07) is 8.29. The highest BCUT2D eigenvalue weighted by molar-refractivity contribution is 5.96. The van der Waals surface area contributed by atoms with Crippen LogP contribution in [0.2, 0.25) is 0 Å². The van der Waals surface area contributed by atoms with Gasteiger partial charge in [-0.2, -0.15) is 0 Å². The number of ether oxygens (including phenoxy) is 1. The molecular weight excluding hydrogens is 250 g/mol. The molecule has 1 aromatic carbocycles. The molecule has 2 atom stereocenters. The van der Waals surface area contributed by atoms with E-state index in [4.69, 9.17) is 4.74 Å². The minimum Gasteiger partial charge on any atom is -0.372 e. The third-order valence-corrected chi connectivity index (χ3v) is 4.25. The van der Waals surface area contributed by atoms with Gasteiger partial charge in [-0.25, -0.2) is 0 Å². The Balaban J connectivity index is 2.19. The first-order valence-electron chi connectivity index (χ1n) is 7.08. The Kier molecular flexibility index (Phi) is 2.98. The average Bonchev–Trinajstić information content (AvgIpc) is 2.70. The van der Waals surface area contributed by atoms with Crippen molar-refractivity contribution in [3.05, 3.63) is 41.0 Å².